The quantitative estimate of drug-likeness (QED) is 0.802. The molecule has 0 bridgehead atoms. The first-order valence-corrected chi connectivity index (χ1v) is 8.08. The maximum atomic E-state index is 11.8. The van der Waals surface area contributed by atoms with Crippen molar-refractivity contribution < 1.29 is 4.79 Å². The SMILES string of the molecule is O=C(Cc1cccs1)Nc1nnc(-c2cccs2)s1. The number of amides is 1. The zero-order valence-electron chi connectivity index (χ0n) is 9.70. The summed E-state index contributed by atoms with van der Waals surface area (Å²) in [6, 6.07) is 7.84. The average Bonchev–Trinajstić information content (AvgIpc) is 3.09. The maximum absolute atomic E-state index is 11.8. The summed E-state index contributed by atoms with van der Waals surface area (Å²) in [5.41, 5.74) is 0. The fourth-order valence-electron chi connectivity index (χ4n) is 1.51. The highest BCUT2D eigenvalue weighted by Crippen LogP contribution is 2.29. The summed E-state index contributed by atoms with van der Waals surface area (Å²) in [5, 5.41) is 16.2. The molecule has 0 fully saturated rings. The Bertz CT molecular complexity index is 658. The average molecular weight is 307 g/mol. The minimum absolute atomic E-state index is 0.0590. The predicted octanol–water partition coefficient (Wildman–Crippen LogP) is 3.51. The van der Waals surface area contributed by atoms with Gasteiger partial charge in [0.25, 0.3) is 0 Å². The Morgan fingerprint density at radius 2 is 2.00 bits per heavy atom. The summed E-state index contributed by atoms with van der Waals surface area (Å²) in [7, 11) is 0. The highest BCUT2D eigenvalue weighted by Gasteiger charge is 2.10. The molecule has 1 amide bonds. The number of aromatic nitrogens is 2. The number of carbonyl (C=O) groups excluding carboxylic acids is 1. The van der Waals surface area contributed by atoms with E-state index in [0.29, 0.717) is 11.6 Å². The summed E-state index contributed by atoms with van der Waals surface area (Å²) in [4.78, 5) is 13.9. The fraction of sp³-hybridized carbons (Fsp3) is 0.0833. The third-order valence-corrected chi connectivity index (χ3v) is 5.07. The molecule has 0 aliphatic carbocycles. The molecule has 0 radical (unpaired) electrons. The van der Waals surface area contributed by atoms with Gasteiger partial charge in [0.05, 0.1) is 11.3 Å². The van der Waals surface area contributed by atoms with Gasteiger partial charge in [0, 0.05) is 4.88 Å². The molecule has 0 spiro atoms. The van der Waals surface area contributed by atoms with Gasteiger partial charge in [-0.15, -0.1) is 32.9 Å². The van der Waals surface area contributed by atoms with E-state index in [0.717, 1.165) is 14.8 Å². The lowest BCUT2D eigenvalue weighted by molar-refractivity contribution is -0.115. The molecule has 1 N–H and O–H groups in total. The van der Waals surface area contributed by atoms with Crippen LogP contribution in [0.15, 0.2) is 35.0 Å². The molecule has 3 aromatic heterocycles. The Hall–Kier alpha value is -1.57. The highest BCUT2D eigenvalue weighted by molar-refractivity contribution is 7.23. The second-order valence-electron chi connectivity index (χ2n) is 3.69. The number of hydrogen-bond donors (Lipinski definition) is 1. The third kappa shape index (κ3) is 3.06. The molecule has 7 heteroatoms. The van der Waals surface area contributed by atoms with Crippen molar-refractivity contribution in [2.45, 2.75) is 6.42 Å². The van der Waals surface area contributed by atoms with E-state index >= 15 is 0 Å². The smallest absolute Gasteiger partial charge is 0.231 e. The van der Waals surface area contributed by atoms with Crippen LogP contribution < -0.4 is 5.32 Å². The number of rotatable bonds is 4. The first-order chi connectivity index (χ1) is 9.31. The van der Waals surface area contributed by atoms with E-state index in [1.54, 1.807) is 22.7 Å². The molecular weight excluding hydrogens is 298 g/mol. The van der Waals surface area contributed by atoms with Crippen LogP contribution in [-0.4, -0.2) is 16.1 Å². The van der Waals surface area contributed by atoms with Crippen molar-refractivity contribution in [1.29, 1.82) is 0 Å². The number of carbonyl (C=O) groups is 1. The number of anilines is 1. The van der Waals surface area contributed by atoms with Gasteiger partial charge in [-0.25, -0.2) is 0 Å². The van der Waals surface area contributed by atoms with Crippen LogP contribution in [0.25, 0.3) is 9.88 Å². The van der Waals surface area contributed by atoms with Gasteiger partial charge in [0.1, 0.15) is 0 Å². The molecule has 0 atom stereocenters. The molecular formula is C12H9N3OS3. The maximum Gasteiger partial charge on any atom is 0.231 e. The number of hydrogen-bond acceptors (Lipinski definition) is 6. The van der Waals surface area contributed by atoms with Gasteiger partial charge < -0.3 is 5.32 Å². The Kier molecular flexibility index (Phi) is 3.67. The third-order valence-electron chi connectivity index (χ3n) is 2.32. The molecule has 3 rings (SSSR count). The second kappa shape index (κ2) is 5.60. The molecule has 3 aromatic rings. The summed E-state index contributed by atoms with van der Waals surface area (Å²) >= 11 is 4.57. The van der Waals surface area contributed by atoms with E-state index in [1.165, 1.54) is 11.3 Å². The molecule has 0 unspecified atom stereocenters. The monoisotopic (exact) mass is 307 g/mol. The normalized spacial score (nSPS) is 10.5. The van der Waals surface area contributed by atoms with E-state index in [2.05, 4.69) is 15.5 Å². The van der Waals surface area contributed by atoms with Crippen molar-refractivity contribution in [1.82, 2.24) is 10.2 Å². The van der Waals surface area contributed by atoms with E-state index in [-0.39, 0.29) is 5.91 Å². The Balaban J connectivity index is 1.65. The summed E-state index contributed by atoms with van der Waals surface area (Å²) in [6.45, 7) is 0. The highest BCUT2D eigenvalue weighted by atomic mass is 32.1. The lowest BCUT2D eigenvalue weighted by Gasteiger charge is -1.98. The largest absolute Gasteiger partial charge is 0.300 e. The minimum atomic E-state index is -0.0590. The first kappa shape index (κ1) is 12.5. The Labute approximate surface area is 121 Å². The summed E-state index contributed by atoms with van der Waals surface area (Å²) in [5.74, 6) is -0.0590. The predicted molar refractivity (Wildman–Crippen MR) is 79.9 cm³/mol. The van der Waals surface area contributed by atoms with Gasteiger partial charge in [-0.1, -0.05) is 23.5 Å². The second-order valence-corrected chi connectivity index (χ2v) is 6.65. The lowest BCUT2D eigenvalue weighted by Crippen LogP contribution is -2.13. The molecule has 0 aliphatic rings. The zero-order chi connectivity index (χ0) is 13.1. The van der Waals surface area contributed by atoms with Gasteiger partial charge in [0.2, 0.25) is 11.0 Å². The van der Waals surface area contributed by atoms with Gasteiger partial charge in [-0.3, -0.25) is 4.79 Å². The molecule has 4 nitrogen and oxygen atoms in total. The van der Waals surface area contributed by atoms with Crippen LogP contribution in [0.3, 0.4) is 0 Å². The molecule has 0 saturated heterocycles. The number of thiophene rings is 2. The summed E-state index contributed by atoms with van der Waals surface area (Å²) < 4.78 is 0. The van der Waals surface area contributed by atoms with Crippen LogP contribution >= 0.6 is 34.0 Å². The molecule has 96 valence electrons. The fourth-order valence-corrected chi connectivity index (χ4v) is 3.76. The first-order valence-electron chi connectivity index (χ1n) is 5.51. The Morgan fingerprint density at radius 1 is 1.16 bits per heavy atom. The molecule has 0 aliphatic heterocycles. The van der Waals surface area contributed by atoms with Crippen molar-refractivity contribution in [3.8, 4) is 9.88 Å². The standard InChI is InChI=1S/C12H9N3OS3/c16-10(7-8-3-1-5-17-8)13-12-15-14-11(19-12)9-4-2-6-18-9/h1-6H,7H2,(H,13,15,16). The molecule has 0 saturated carbocycles. The van der Waals surface area contributed by atoms with E-state index in [4.69, 9.17) is 0 Å². The van der Waals surface area contributed by atoms with Crippen LogP contribution in [0.5, 0.6) is 0 Å². The van der Waals surface area contributed by atoms with Crippen LogP contribution in [0.2, 0.25) is 0 Å². The van der Waals surface area contributed by atoms with E-state index in [1.807, 2.05) is 35.0 Å². The van der Waals surface area contributed by atoms with Crippen LogP contribution in [0.1, 0.15) is 4.88 Å². The van der Waals surface area contributed by atoms with Crippen LogP contribution in [0.4, 0.5) is 5.13 Å². The molecule has 0 aromatic carbocycles. The van der Waals surface area contributed by atoms with Crippen LogP contribution in [-0.2, 0) is 11.2 Å². The van der Waals surface area contributed by atoms with Crippen LogP contribution in [0, 0.1) is 0 Å². The minimum Gasteiger partial charge on any atom is -0.300 e. The van der Waals surface area contributed by atoms with Gasteiger partial charge in [0.15, 0.2) is 5.01 Å². The Morgan fingerprint density at radius 3 is 2.74 bits per heavy atom. The van der Waals surface area contributed by atoms with Crippen molar-refractivity contribution in [3.05, 3.63) is 39.9 Å². The zero-order valence-corrected chi connectivity index (χ0v) is 12.1. The topological polar surface area (TPSA) is 54.9 Å². The van der Waals surface area contributed by atoms with Gasteiger partial charge in [-0.2, -0.15) is 0 Å². The van der Waals surface area contributed by atoms with Crippen molar-refractivity contribution in [2.75, 3.05) is 5.32 Å². The van der Waals surface area contributed by atoms with E-state index in [9.17, 15) is 4.79 Å². The van der Waals surface area contributed by atoms with Crippen molar-refractivity contribution in [3.63, 3.8) is 0 Å². The molecule has 19 heavy (non-hydrogen) atoms. The van der Waals surface area contributed by atoms with Gasteiger partial charge in [-0.05, 0) is 22.9 Å². The molecule has 3 heterocycles. The summed E-state index contributed by atoms with van der Waals surface area (Å²) in [6.07, 6.45) is 0.381. The number of nitrogens with one attached hydrogen (secondary N) is 1. The lowest BCUT2D eigenvalue weighted by atomic mass is 10.3. The van der Waals surface area contributed by atoms with E-state index < -0.39 is 0 Å². The van der Waals surface area contributed by atoms with Gasteiger partial charge >= 0.3 is 0 Å². The van der Waals surface area contributed by atoms with Crippen molar-refractivity contribution in [2.24, 2.45) is 0 Å². The van der Waals surface area contributed by atoms with Crippen molar-refractivity contribution >= 4 is 45.0 Å². The number of nitrogens with zero attached hydrogens (tertiary/aromatic N) is 2.